The van der Waals surface area contributed by atoms with E-state index >= 15 is 0 Å². The molecule has 1 aliphatic heterocycles. The minimum Gasteiger partial charge on any atom is -0.391 e. The summed E-state index contributed by atoms with van der Waals surface area (Å²) < 4.78 is 0. The number of carbonyl (C=O) groups excluding carboxylic acids is 2. The highest BCUT2D eigenvalue weighted by molar-refractivity contribution is 7.15. The lowest BCUT2D eigenvalue weighted by Crippen LogP contribution is -2.44. The molecule has 2 N–H and O–H groups in total. The molecule has 122 valence electrons. The maximum absolute atomic E-state index is 12.4. The highest BCUT2D eigenvalue weighted by Gasteiger charge is 2.35. The predicted molar refractivity (Wildman–Crippen MR) is 85.5 cm³/mol. The predicted octanol–water partition coefficient (Wildman–Crippen LogP) is 2.00. The zero-order valence-electron chi connectivity index (χ0n) is 13.3. The summed E-state index contributed by atoms with van der Waals surface area (Å²) in [4.78, 5) is 31.2. The summed E-state index contributed by atoms with van der Waals surface area (Å²) >= 11 is 1.24. The van der Waals surface area contributed by atoms with Crippen molar-refractivity contribution in [3.63, 3.8) is 0 Å². The van der Waals surface area contributed by atoms with Gasteiger partial charge in [-0.3, -0.25) is 9.59 Å². The molecule has 0 aromatic carbocycles. The standard InChI is InChI=1S/C15H23N3O3S/c1-15(2,3)7-12(20)18-6-4-5-11(18)13(21)17-14-16-8-10(9-19)22-14/h8,11,19H,4-7,9H2,1-3H3,(H,16,17,21)/t11-/m0/s1. The van der Waals surface area contributed by atoms with Crippen LogP contribution in [0, 0.1) is 5.41 Å². The molecule has 1 saturated heterocycles. The molecule has 2 amide bonds. The van der Waals surface area contributed by atoms with Crippen molar-refractivity contribution in [1.82, 2.24) is 9.88 Å². The first-order chi connectivity index (χ1) is 10.3. The van der Waals surface area contributed by atoms with Crippen LogP contribution in [-0.4, -0.2) is 39.4 Å². The second-order valence-electron chi connectivity index (χ2n) is 6.76. The minimum absolute atomic E-state index is 0.0281. The number of nitrogens with one attached hydrogen (secondary N) is 1. The second-order valence-corrected chi connectivity index (χ2v) is 7.88. The number of rotatable bonds is 4. The molecule has 0 spiro atoms. The molecule has 0 radical (unpaired) electrons. The highest BCUT2D eigenvalue weighted by atomic mass is 32.1. The second kappa shape index (κ2) is 6.75. The third-order valence-corrected chi connectivity index (χ3v) is 4.39. The molecule has 6 nitrogen and oxygen atoms in total. The summed E-state index contributed by atoms with van der Waals surface area (Å²) in [5.74, 6) is -0.168. The van der Waals surface area contributed by atoms with Gasteiger partial charge < -0.3 is 15.3 Å². The van der Waals surface area contributed by atoms with E-state index in [1.54, 1.807) is 4.90 Å². The molecule has 2 rings (SSSR count). The number of hydrogen-bond donors (Lipinski definition) is 2. The number of aliphatic hydroxyl groups excluding tert-OH is 1. The monoisotopic (exact) mass is 325 g/mol. The van der Waals surface area contributed by atoms with Gasteiger partial charge in [-0.25, -0.2) is 4.98 Å². The van der Waals surface area contributed by atoms with Gasteiger partial charge in [0.2, 0.25) is 11.8 Å². The number of aromatic nitrogens is 1. The Bertz CT molecular complexity index is 550. The van der Waals surface area contributed by atoms with Gasteiger partial charge in [0.1, 0.15) is 6.04 Å². The molecular formula is C15H23N3O3S. The van der Waals surface area contributed by atoms with Crippen LogP contribution in [0.4, 0.5) is 5.13 Å². The van der Waals surface area contributed by atoms with Crippen LogP contribution in [0.2, 0.25) is 0 Å². The summed E-state index contributed by atoms with van der Waals surface area (Å²) in [6, 6.07) is -0.420. The number of aliphatic hydroxyl groups is 1. The molecule has 1 aromatic heterocycles. The Hall–Kier alpha value is -1.47. The average molecular weight is 325 g/mol. The number of anilines is 1. The van der Waals surface area contributed by atoms with E-state index in [9.17, 15) is 9.59 Å². The summed E-state index contributed by atoms with van der Waals surface area (Å²) in [6.07, 6.45) is 3.49. The van der Waals surface area contributed by atoms with Gasteiger partial charge in [-0.2, -0.15) is 0 Å². The van der Waals surface area contributed by atoms with Crippen LogP contribution in [0.25, 0.3) is 0 Å². The number of amides is 2. The largest absolute Gasteiger partial charge is 0.391 e. The lowest BCUT2D eigenvalue weighted by Gasteiger charge is -2.27. The fourth-order valence-electron chi connectivity index (χ4n) is 2.52. The first-order valence-corrected chi connectivity index (χ1v) is 8.28. The Morgan fingerprint density at radius 2 is 2.23 bits per heavy atom. The van der Waals surface area contributed by atoms with Crippen LogP contribution >= 0.6 is 11.3 Å². The minimum atomic E-state index is -0.420. The Morgan fingerprint density at radius 3 is 2.82 bits per heavy atom. The SMILES string of the molecule is CC(C)(C)CC(=O)N1CCC[C@H]1C(=O)Nc1ncc(CO)s1. The Morgan fingerprint density at radius 1 is 1.50 bits per heavy atom. The van der Waals surface area contributed by atoms with E-state index in [1.165, 1.54) is 17.5 Å². The smallest absolute Gasteiger partial charge is 0.248 e. The third-order valence-electron chi connectivity index (χ3n) is 3.50. The molecule has 0 unspecified atom stereocenters. The highest BCUT2D eigenvalue weighted by Crippen LogP contribution is 2.26. The van der Waals surface area contributed by atoms with Gasteiger partial charge >= 0.3 is 0 Å². The van der Waals surface area contributed by atoms with Crippen LogP contribution in [-0.2, 0) is 16.2 Å². The van der Waals surface area contributed by atoms with E-state index in [1.807, 2.05) is 20.8 Å². The number of thiazole rings is 1. The van der Waals surface area contributed by atoms with Gasteiger partial charge in [0, 0.05) is 19.2 Å². The van der Waals surface area contributed by atoms with Gasteiger partial charge in [-0.05, 0) is 18.3 Å². The summed E-state index contributed by atoms with van der Waals surface area (Å²) in [5, 5.41) is 12.2. The van der Waals surface area contributed by atoms with E-state index in [-0.39, 0.29) is 23.8 Å². The van der Waals surface area contributed by atoms with Crippen molar-refractivity contribution in [1.29, 1.82) is 0 Å². The maximum Gasteiger partial charge on any atom is 0.248 e. The molecule has 7 heteroatoms. The lowest BCUT2D eigenvalue weighted by atomic mass is 9.91. The van der Waals surface area contributed by atoms with Crippen molar-refractivity contribution in [2.45, 2.75) is 52.7 Å². The fraction of sp³-hybridized carbons (Fsp3) is 0.667. The quantitative estimate of drug-likeness (QED) is 0.887. The number of carbonyl (C=O) groups is 2. The van der Waals surface area contributed by atoms with Gasteiger partial charge in [-0.1, -0.05) is 32.1 Å². The summed E-state index contributed by atoms with van der Waals surface area (Å²) in [6.45, 7) is 6.59. The van der Waals surface area contributed by atoms with Crippen molar-refractivity contribution in [2.75, 3.05) is 11.9 Å². The topological polar surface area (TPSA) is 82.5 Å². The molecule has 1 atom stereocenters. The van der Waals surface area contributed by atoms with Crippen molar-refractivity contribution in [2.24, 2.45) is 5.41 Å². The molecule has 22 heavy (non-hydrogen) atoms. The molecule has 1 aliphatic rings. The van der Waals surface area contributed by atoms with E-state index in [0.717, 1.165) is 6.42 Å². The van der Waals surface area contributed by atoms with Crippen LogP contribution in [0.3, 0.4) is 0 Å². The Kier molecular flexibility index (Phi) is 5.18. The third kappa shape index (κ3) is 4.27. The summed E-state index contributed by atoms with van der Waals surface area (Å²) in [5.41, 5.74) is -0.0912. The molecule has 2 heterocycles. The number of hydrogen-bond acceptors (Lipinski definition) is 5. The maximum atomic E-state index is 12.4. The molecule has 1 aromatic rings. The van der Waals surface area contributed by atoms with E-state index in [4.69, 9.17) is 5.11 Å². The molecular weight excluding hydrogens is 302 g/mol. The van der Waals surface area contributed by atoms with Crippen LogP contribution in [0.15, 0.2) is 6.20 Å². The first-order valence-electron chi connectivity index (χ1n) is 7.46. The fourth-order valence-corrected chi connectivity index (χ4v) is 3.20. The van der Waals surface area contributed by atoms with Gasteiger partial charge in [0.05, 0.1) is 11.5 Å². The van der Waals surface area contributed by atoms with E-state index in [0.29, 0.717) is 29.4 Å². The van der Waals surface area contributed by atoms with E-state index < -0.39 is 6.04 Å². The van der Waals surface area contributed by atoms with Crippen molar-refractivity contribution >= 4 is 28.3 Å². The van der Waals surface area contributed by atoms with Crippen molar-refractivity contribution in [3.8, 4) is 0 Å². The van der Waals surface area contributed by atoms with Crippen molar-refractivity contribution < 1.29 is 14.7 Å². The molecule has 0 bridgehead atoms. The van der Waals surface area contributed by atoms with Gasteiger partial charge in [0.25, 0.3) is 0 Å². The van der Waals surface area contributed by atoms with E-state index in [2.05, 4.69) is 10.3 Å². The Balaban J connectivity index is 2.00. The Labute approximate surface area is 134 Å². The lowest BCUT2D eigenvalue weighted by molar-refractivity contribution is -0.138. The molecule has 0 saturated carbocycles. The van der Waals surface area contributed by atoms with Crippen LogP contribution in [0.5, 0.6) is 0 Å². The van der Waals surface area contributed by atoms with Crippen LogP contribution < -0.4 is 5.32 Å². The summed E-state index contributed by atoms with van der Waals surface area (Å²) in [7, 11) is 0. The van der Waals surface area contributed by atoms with Crippen LogP contribution in [0.1, 0.15) is 44.9 Å². The van der Waals surface area contributed by atoms with Gasteiger partial charge in [-0.15, -0.1) is 0 Å². The van der Waals surface area contributed by atoms with Crippen molar-refractivity contribution in [3.05, 3.63) is 11.1 Å². The van der Waals surface area contributed by atoms with Gasteiger partial charge in [0.15, 0.2) is 5.13 Å². The number of likely N-dealkylation sites (tertiary alicyclic amines) is 1. The normalized spacial score (nSPS) is 18.5. The number of nitrogens with zero attached hydrogens (tertiary/aromatic N) is 2. The zero-order chi connectivity index (χ0) is 16.3. The average Bonchev–Trinajstić information content (AvgIpc) is 3.04. The zero-order valence-corrected chi connectivity index (χ0v) is 14.1. The molecule has 1 fully saturated rings. The first kappa shape index (κ1) is 16.9. The molecule has 0 aliphatic carbocycles.